The summed E-state index contributed by atoms with van der Waals surface area (Å²) in [6, 6.07) is 10.2. The number of methoxy groups -OCH3 is 1. The van der Waals surface area contributed by atoms with Crippen LogP contribution in [0.4, 0.5) is 13.2 Å². The number of pyridine rings is 1. The van der Waals surface area contributed by atoms with Crippen LogP contribution in [0.3, 0.4) is 0 Å². The first-order chi connectivity index (χ1) is 16.7. The molecule has 4 aromatic rings. The van der Waals surface area contributed by atoms with Crippen molar-refractivity contribution < 1.29 is 23.0 Å². The highest BCUT2D eigenvalue weighted by molar-refractivity contribution is 6.36. The van der Waals surface area contributed by atoms with E-state index < -0.39 is 17.8 Å². The van der Waals surface area contributed by atoms with E-state index in [0.717, 1.165) is 24.4 Å². The molecule has 0 saturated carbocycles. The highest BCUT2D eigenvalue weighted by Gasteiger charge is 2.30. The Morgan fingerprint density at radius 2 is 1.83 bits per heavy atom. The molecule has 1 atom stereocenters. The summed E-state index contributed by atoms with van der Waals surface area (Å²) in [7, 11) is 1.47. The van der Waals surface area contributed by atoms with E-state index in [9.17, 15) is 18.3 Å². The van der Waals surface area contributed by atoms with E-state index in [1.165, 1.54) is 19.2 Å². The number of halogens is 4. The van der Waals surface area contributed by atoms with Crippen LogP contribution >= 0.6 is 11.6 Å². The lowest BCUT2D eigenvalue weighted by molar-refractivity contribution is -0.137. The Bertz CT molecular complexity index is 1350. The molecule has 2 aromatic carbocycles. The van der Waals surface area contributed by atoms with E-state index in [1.54, 1.807) is 24.4 Å². The minimum atomic E-state index is -4.40. The van der Waals surface area contributed by atoms with Crippen LogP contribution in [0.1, 0.15) is 53.7 Å². The van der Waals surface area contributed by atoms with Gasteiger partial charge >= 0.3 is 6.18 Å². The second-order valence-corrected chi connectivity index (χ2v) is 8.54. The summed E-state index contributed by atoms with van der Waals surface area (Å²) < 4.78 is 46.2. The third-order valence-corrected chi connectivity index (χ3v) is 6.49. The summed E-state index contributed by atoms with van der Waals surface area (Å²) in [5.41, 5.74) is 2.37. The Morgan fingerprint density at radius 3 is 2.43 bits per heavy atom. The topological polar surface area (TPSA) is 60.2 Å². The van der Waals surface area contributed by atoms with Gasteiger partial charge in [-0.05, 0) is 42.3 Å². The van der Waals surface area contributed by atoms with Gasteiger partial charge in [-0.3, -0.25) is 0 Å². The van der Waals surface area contributed by atoms with Crippen LogP contribution in [0.25, 0.3) is 10.9 Å². The Morgan fingerprint density at radius 1 is 1.11 bits per heavy atom. The molecule has 9 heteroatoms. The first-order valence-electron chi connectivity index (χ1n) is 11.2. The van der Waals surface area contributed by atoms with Gasteiger partial charge in [0.15, 0.2) is 0 Å². The van der Waals surface area contributed by atoms with Crippen molar-refractivity contribution in [1.29, 1.82) is 0 Å². The Labute approximate surface area is 206 Å². The van der Waals surface area contributed by atoms with E-state index in [4.69, 9.17) is 16.3 Å². The molecule has 0 aliphatic carbocycles. The summed E-state index contributed by atoms with van der Waals surface area (Å²) >= 11 is 6.79. The fourth-order valence-electron chi connectivity index (χ4n) is 4.23. The third-order valence-electron chi connectivity index (χ3n) is 6.06. The van der Waals surface area contributed by atoms with Gasteiger partial charge in [0, 0.05) is 30.3 Å². The first-order valence-corrected chi connectivity index (χ1v) is 11.6. The minimum Gasteiger partial charge on any atom is -0.481 e. The van der Waals surface area contributed by atoms with Gasteiger partial charge in [0.2, 0.25) is 5.88 Å². The smallest absolute Gasteiger partial charge is 0.416 e. The SMILES string of the molecule is CCc1ncc(C(O)c2ccc3nc(OC)c(Cc4ccc(C(F)(F)F)cc4)c(Cl)c3c2)n1CC. The molecule has 4 rings (SSSR count). The number of nitrogens with zero attached hydrogens (tertiary/aromatic N) is 3. The van der Waals surface area contributed by atoms with Crippen molar-refractivity contribution in [2.75, 3.05) is 7.11 Å². The van der Waals surface area contributed by atoms with Crippen molar-refractivity contribution in [1.82, 2.24) is 14.5 Å². The quantitative estimate of drug-likeness (QED) is 0.318. The molecule has 0 fully saturated rings. The fourth-order valence-corrected chi connectivity index (χ4v) is 4.53. The number of fused-ring (bicyclic) bond motifs is 1. The van der Waals surface area contributed by atoms with Crippen molar-refractivity contribution in [3.8, 4) is 5.88 Å². The van der Waals surface area contributed by atoms with E-state index in [0.29, 0.717) is 50.7 Å². The molecular weight excluding hydrogens is 479 g/mol. The number of hydrogen-bond donors (Lipinski definition) is 1. The summed E-state index contributed by atoms with van der Waals surface area (Å²) in [6.45, 7) is 4.69. The minimum absolute atomic E-state index is 0.234. The molecule has 0 radical (unpaired) electrons. The summed E-state index contributed by atoms with van der Waals surface area (Å²) in [5, 5.41) is 12.1. The molecule has 0 aliphatic heterocycles. The second kappa shape index (κ2) is 9.87. The molecule has 1 unspecified atom stereocenters. The van der Waals surface area contributed by atoms with Crippen molar-refractivity contribution in [3.05, 3.63) is 87.5 Å². The maximum atomic E-state index is 12.9. The van der Waals surface area contributed by atoms with Crippen LogP contribution in [-0.2, 0) is 25.6 Å². The predicted molar refractivity (Wildman–Crippen MR) is 129 cm³/mol. The highest BCUT2D eigenvalue weighted by Crippen LogP contribution is 2.36. The fraction of sp³-hybridized carbons (Fsp3) is 0.308. The van der Waals surface area contributed by atoms with Crippen LogP contribution in [0.15, 0.2) is 48.7 Å². The molecule has 184 valence electrons. The number of aliphatic hydroxyl groups excluding tert-OH is 1. The van der Waals surface area contributed by atoms with Gasteiger partial charge in [-0.15, -0.1) is 0 Å². The number of hydrogen-bond acceptors (Lipinski definition) is 4. The van der Waals surface area contributed by atoms with E-state index >= 15 is 0 Å². The van der Waals surface area contributed by atoms with Crippen LogP contribution in [-0.4, -0.2) is 26.8 Å². The predicted octanol–water partition coefficient (Wildman–Crippen LogP) is 6.37. The molecule has 2 heterocycles. The molecule has 0 bridgehead atoms. The molecule has 5 nitrogen and oxygen atoms in total. The molecular formula is C26H25ClF3N3O2. The molecule has 0 saturated heterocycles. The van der Waals surface area contributed by atoms with Gasteiger partial charge < -0.3 is 14.4 Å². The Hall–Kier alpha value is -3.10. The van der Waals surface area contributed by atoms with Crippen LogP contribution in [0.5, 0.6) is 5.88 Å². The van der Waals surface area contributed by atoms with Gasteiger partial charge in [-0.2, -0.15) is 13.2 Å². The zero-order chi connectivity index (χ0) is 25.3. The standard InChI is InChI=1S/C26H25ClF3N3O2/c1-4-22-31-14-21(33(22)5-2)24(34)16-8-11-20-18(13-16)23(27)19(25(32-20)35-3)12-15-6-9-17(10-7-15)26(28,29)30/h6-11,13-14,24,34H,4-5,12H2,1-3H3. The lowest BCUT2D eigenvalue weighted by atomic mass is 10.00. The van der Waals surface area contributed by atoms with Crippen LogP contribution in [0, 0.1) is 0 Å². The van der Waals surface area contributed by atoms with Gasteiger partial charge in [0.1, 0.15) is 11.9 Å². The molecule has 0 aliphatic rings. The number of aliphatic hydroxyl groups is 1. The Balaban J connectivity index is 1.74. The number of benzene rings is 2. The van der Waals surface area contributed by atoms with Gasteiger partial charge in [0.05, 0.1) is 35.1 Å². The number of imidazole rings is 1. The number of alkyl halides is 3. The van der Waals surface area contributed by atoms with Gasteiger partial charge in [-0.25, -0.2) is 9.97 Å². The number of rotatable bonds is 7. The van der Waals surface area contributed by atoms with E-state index in [1.807, 2.05) is 18.4 Å². The first kappa shape index (κ1) is 25.0. The Kier molecular flexibility index (Phi) is 7.05. The molecule has 35 heavy (non-hydrogen) atoms. The zero-order valence-corrected chi connectivity index (χ0v) is 20.3. The monoisotopic (exact) mass is 503 g/mol. The zero-order valence-electron chi connectivity index (χ0n) is 19.5. The number of aromatic nitrogens is 3. The summed E-state index contributed by atoms with van der Waals surface area (Å²) in [4.78, 5) is 8.96. The van der Waals surface area contributed by atoms with Crippen molar-refractivity contribution in [3.63, 3.8) is 0 Å². The lowest BCUT2D eigenvalue weighted by Gasteiger charge is -2.17. The van der Waals surface area contributed by atoms with Crippen LogP contribution in [0.2, 0.25) is 5.02 Å². The second-order valence-electron chi connectivity index (χ2n) is 8.16. The highest BCUT2D eigenvalue weighted by atomic mass is 35.5. The maximum Gasteiger partial charge on any atom is 0.416 e. The average molecular weight is 504 g/mol. The molecule has 0 amide bonds. The van der Waals surface area contributed by atoms with E-state index in [2.05, 4.69) is 9.97 Å². The maximum absolute atomic E-state index is 12.9. The lowest BCUT2D eigenvalue weighted by Crippen LogP contribution is -2.10. The normalized spacial score (nSPS) is 12.8. The largest absolute Gasteiger partial charge is 0.481 e. The van der Waals surface area contributed by atoms with Crippen LogP contribution < -0.4 is 4.74 Å². The average Bonchev–Trinajstić information content (AvgIpc) is 3.28. The van der Waals surface area contributed by atoms with Gasteiger partial charge in [-0.1, -0.05) is 36.7 Å². The number of aryl methyl sites for hydroxylation is 1. The van der Waals surface area contributed by atoms with Crippen molar-refractivity contribution >= 4 is 22.5 Å². The third kappa shape index (κ3) is 4.86. The molecule has 2 aromatic heterocycles. The summed E-state index contributed by atoms with van der Waals surface area (Å²) in [6.07, 6.45) is -2.65. The molecule has 1 N–H and O–H groups in total. The van der Waals surface area contributed by atoms with Crippen molar-refractivity contribution in [2.24, 2.45) is 0 Å². The van der Waals surface area contributed by atoms with Crippen molar-refractivity contribution in [2.45, 2.75) is 45.5 Å². The van der Waals surface area contributed by atoms with E-state index in [-0.39, 0.29) is 6.42 Å². The molecule has 0 spiro atoms. The number of ether oxygens (including phenoxy) is 1. The summed E-state index contributed by atoms with van der Waals surface area (Å²) in [5.74, 6) is 1.19. The van der Waals surface area contributed by atoms with Gasteiger partial charge in [0.25, 0.3) is 0 Å².